The first kappa shape index (κ1) is 18.3. The minimum atomic E-state index is -0.723. The predicted octanol–water partition coefficient (Wildman–Crippen LogP) is 1.44. The van der Waals surface area contributed by atoms with Gasteiger partial charge in [-0.2, -0.15) is 5.26 Å². The van der Waals surface area contributed by atoms with Crippen LogP contribution >= 0.6 is 11.8 Å². The minimum Gasteiger partial charge on any atom is -0.465 e. The number of carbonyl (C=O) groups excluding carboxylic acids is 2. The summed E-state index contributed by atoms with van der Waals surface area (Å²) in [6, 6.07) is 2.14. The summed E-state index contributed by atoms with van der Waals surface area (Å²) in [5.41, 5.74) is 11.3. The van der Waals surface area contributed by atoms with E-state index in [2.05, 4.69) is 11.1 Å². The Morgan fingerprint density at radius 1 is 1.42 bits per heavy atom. The average Bonchev–Trinajstić information content (AvgIpc) is 2.53. The zero-order chi connectivity index (χ0) is 17.7. The standard InChI is InChI=1S/C16H22N4O3S/c1-2-23-11(21)9-24-15-12(14(19)22)16(6-4-3-5-7-16)10(8-17)13(18)20-15/h12H,2-7,9,18H2,1H3,(H2,19,22)/t12-/m1/s1. The average molecular weight is 350 g/mol. The zero-order valence-electron chi connectivity index (χ0n) is 13.7. The lowest BCUT2D eigenvalue weighted by Crippen LogP contribution is -2.48. The Balaban J connectivity index is 2.38. The fourth-order valence-corrected chi connectivity index (χ4v) is 4.63. The highest BCUT2D eigenvalue weighted by atomic mass is 32.2. The Bertz CT molecular complexity index is 630. The number of allylic oxidation sites excluding steroid dienone is 1. The molecule has 0 unspecified atom stereocenters. The zero-order valence-corrected chi connectivity index (χ0v) is 14.5. The molecule has 1 aliphatic heterocycles. The Hall–Kier alpha value is -2.01. The van der Waals surface area contributed by atoms with Crippen LogP contribution in [0.3, 0.4) is 0 Å². The molecule has 0 radical (unpaired) electrons. The number of primary amides is 1. The van der Waals surface area contributed by atoms with E-state index in [4.69, 9.17) is 16.2 Å². The molecule has 1 atom stereocenters. The topological polar surface area (TPSA) is 132 Å². The predicted molar refractivity (Wildman–Crippen MR) is 91.6 cm³/mol. The monoisotopic (exact) mass is 350 g/mol. The van der Waals surface area contributed by atoms with Crippen LogP contribution in [0.15, 0.2) is 16.4 Å². The molecule has 0 bridgehead atoms. The molecule has 1 aliphatic carbocycles. The van der Waals surface area contributed by atoms with E-state index in [0.29, 0.717) is 23.5 Å². The Labute approximate surface area is 145 Å². The maximum atomic E-state index is 12.2. The summed E-state index contributed by atoms with van der Waals surface area (Å²) in [6.07, 6.45) is 4.19. The minimum absolute atomic E-state index is 0.0295. The molecule has 2 rings (SSSR count). The van der Waals surface area contributed by atoms with E-state index in [0.717, 1.165) is 31.0 Å². The summed E-state index contributed by atoms with van der Waals surface area (Å²) in [4.78, 5) is 28.1. The largest absolute Gasteiger partial charge is 0.465 e. The van der Waals surface area contributed by atoms with E-state index < -0.39 is 17.2 Å². The SMILES string of the molecule is CCOC(=O)CSC1=NC(N)=C(C#N)C2(CCCCC2)[C@@H]1C(N)=O. The molecule has 1 saturated carbocycles. The quantitative estimate of drug-likeness (QED) is 0.737. The lowest BCUT2D eigenvalue weighted by atomic mass is 9.61. The number of hydrogen-bond acceptors (Lipinski definition) is 7. The molecule has 4 N–H and O–H groups in total. The number of esters is 1. The molecule has 24 heavy (non-hydrogen) atoms. The Morgan fingerprint density at radius 2 is 2.08 bits per heavy atom. The molecule has 1 amide bonds. The third-order valence-corrected chi connectivity index (χ3v) is 5.57. The summed E-state index contributed by atoms with van der Waals surface area (Å²) in [5.74, 6) is -1.49. The lowest BCUT2D eigenvalue weighted by Gasteiger charge is -2.44. The third-order valence-electron chi connectivity index (χ3n) is 4.57. The number of carbonyl (C=O) groups is 2. The molecule has 1 heterocycles. The van der Waals surface area contributed by atoms with Crippen molar-refractivity contribution in [2.75, 3.05) is 12.4 Å². The van der Waals surface area contributed by atoms with E-state index in [1.165, 1.54) is 0 Å². The van der Waals surface area contributed by atoms with Gasteiger partial charge in [-0.05, 0) is 19.8 Å². The van der Waals surface area contributed by atoms with E-state index in [-0.39, 0.29) is 24.2 Å². The van der Waals surface area contributed by atoms with Crippen molar-refractivity contribution in [2.24, 2.45) is 27.8 Å². The number of nitrogens with zero attached hydrogens (tertiary/aromatic N) is 2. The maximum absolute atomic E-state index is 12.2. The highest BCUT2D eigenvalue weighted by Crippen LogP contribution is 2.52. The van der Waals surface area contributed by atoms with Crippen LogP contribution in [0, 0.1) is 22.7 Å². The van der Waals surface area contributed by atoms with Crippen molar-refractivity contribution in [3.63, 3.8) is 0 Å². The number of nitriles is 1. The summed E-state index contributed by atoms with van der Waals surface area (Å²) in [6.45, 7) is 2.01. The molecule has 0 aromatic heterocycles. The first-order chi connectivity index (χ1) is 11.5. The van der Waals surface area contributed by atoms with Crippen LogP contribution in [0.25, 0.3) is 0 Å². The van der Waals surface area contributed by atoms with Gasteiger partial charge >= 0.3 is 5.97 Å². The highest BCUT2D eigenvalue weighted by Gasteiger charge is 2.51. The number of hydrogen-bond donors (Lipinski definition) is 2. The maximum Gasteiger partial charge on any atom is 0.316 e. The van der Waals surface area contributed by atoms with Crippen LogP contribution in [0.4, 0.5) is 0 Å². The highest BCUT2D eigenvalue weighted by molar-refractivity contribution is 8.14. The summed E-state index contributed by atoms with van der Waals surface area (Å²) in [5, 5.41) is 9.97. The van der Waals surface area contributed by atoms with Crippen LogP contribution in [0.5, 0.6) is 0 Å². The first-order valence-corrected chi connectivity index (χ1v) is 9.01. The Kier molecular flexibility index (Phi) is 5.89. The van der Waals surface area contributed by atoms with E-state index in [1.54, 1.807) is 6.92 Å². The van der Waals surface area contributed by atoms with Gasteiger partial charge < -0.3 is 16.2 Å². The molecule has 0 saturated heterocycles. The molecule has 7 nitrogen and oxygen atoms in total. The third kappa shape index (κ3) is 3.41. The number of aliphatic imine (C=N–C) groups is 1. The van der Waals surface area contributed by atoms with Crippen molar-refractivity contribution in [3.8, 4) is 6.07 Å². The number of ether oxygens (including phenoxy) is 1. The second-order valence-corrected chi connectivity index (χ2v) is 6.96. The first-order valence-electron chi connectivity index (χ1n) is 8.03. The second kappa shape index (κ2) is 7.71. The van der Waals surface area contributed by atoms with Crippen molar-refractivity contribution < 1.29 is 14.3 Å². The smallest absolute Gasteiger partial charge is 0.316 e. The van der Waals surface area contributed by atoms with Gasteiger partial charge in [0.2, 0.25) is 5.91 Å². The van der Waals surface area contributed by atoms with Gasteiger partial charge in [-0.3, -0.25) is 9.59 Å². The molecular weight excluding hydrogens is 328 g/mol. The van der Waals surface area contributed by atoms with Crippen molar-refractivity contribution in [1.29, 1.82) is 5.26 Å². The fraction of sp³-hybridized carbons (Fsp3) is 0.625. The van der Waals surface area contributed by atoms with Crippen molar-refractivity contribution in [1.82, 2.24) is 0 Å². The van der Waals surface area contributed by atoms with Crippen LogP contribution in [0.1, 0.15) is 39.0 Å². The van der Waals surface area contributed by atoms with Gasteiger partial charge in [0.05, 0.1) is 35.0 Å². The van der Waals surface area contributed by atoms with Gasteiger partial charge in [-0.15, -0.1) is 0 Å². The number of nitrogens with two attached hydrogens (primary N) is 2. The summed E-state index contributed by atoms with van der Waals surface area (Å²) >= 11 is 1.12. The van der Waals surface area contributed by atoms with Gasteiger partial charge in [0.1, 0.15) is 5.82 Å². The van der Waals surface area contributed by atoms with Gasteiger partial charge in [-0.1, -0.05) is 31.0 Å². The molecule has 8 heteroatoms. The molecule has 1 fully saturated rings. The lowest BCUT2D eigenvalue weighted by molar-refractivity contribution is -0.139. The molecule has 2 aliphatic rings. The molecule has 1 spiro atoms. The van der Waals surface area contributed by atoms with Crippen molar-refractivity contribution in [3.05, 3.63) is 11.4 Å². The van der Waals surface area contributed by atoms with Crippen LogP contribution in [0.2, 0.25) is 0 Å². The van der Waals surface area contributed by atoms with Crippen molar-refractivity contribution in [2.45, 2.75) is 39.0 Å². The number of amides is 1. The molecule has 0 aromatic carbocycles. The Morgan fingerprint density at radius 3 is 2.62 bits per heavy atom. The normalized spacial score (nSPS) is 22.7. The van der Waals surface area contributed by atoms with Crippen LogP contribution < -0.4 is 11.5 Å². The van der Waals surface area contributed by atoms with E-state index >= 15 is 0 Å². The van der Waals surface area contributed by atoms with Gasteiger partial charge in [0.15, 0.2) is 0 Å². The van der Waals surface area contributed by atoms with Crippen LogP contribution in [-0.4, -0.2) is 29.3 Å². The van der Waals surface area contributed by atoms with E-state index in [9.17, 15) is 14.9 Å². The second-order valence-electron chi connectivity index (χ2n) is 5.97. The molecule has 130 valence electrons. The number of rotatable bonds is 4. The van der Waals surface area contributed by atoms with Gasteiger partial charge in [-0.25, -0.2) is 4.99 Å². The van der Waals surface area contributed by atoms with Crippen molar-refractivity contribution >= 4 is 28.7 Å². The van der Waals surface area contributed by atoms with Crippen LogP contribution in [-0.2, 0) is 14.3 Å². The summed E-state index contributed by atoms with van der Waals surface area (Å²) in [7, 11) is 0. The molecule has 0 aromatic rings. The number of thioether (sulfide) groups is 1. The van der Waals surface area contributed by atoms with E-state index in [1.807, 2.05) is 0 Å². The fourth-order valence-electron chi connectivity index (χ4n) is 3.61. The van der Waals surface area contributed by atoms with Gasteiger partial charge in [0, 0.05) is 5.41 Å². The summed E-state index contributed by atoms with van der Waals surface area (Å²) < 4.78 is 4.91. The van der Waals surface area contributed by atoms with Gasteiger partial charge in [0.25, 0.3) is 0 Å². The molecular formula is C16H22N4O3S.